The molecule has 0 aromatic heterocycles. The topological polar surface area (TPSA) is 43.4 Å². The molecule has 0 aliphatic heterocycles. The number of carbonyl (C=O) groups is 2. The van der Waals surface area contributed by atoms with Crippen LogP contribution in [-0.4, -0.2) is 25.3 Å². The highest BCUT2D eigenvalue weighted by Gasteiger charge is 2.57. The van der Waals surface area contributed by atoms with Gasteiger partial charge in [-0.3, -0.25) is 9.59 Å². The predicted molar refractivity (Wildman–Crippen MR) is 97.1 cm³/mol. The molecule has 2 fully saturated rings. The molecule has 0 bridgehead atoms. The maximum Gasteiger partial charge on any atom is 0.184 e. The predicted octanol–water partition coefficient (Wildman–Crippen LogP) is 4.27. The summed E-state index contributed by atoms with van der Waals surface area (Å²) >= 11 is 0. The molecule has 4 rings (SSSR count). The van der Waals surface area contributed by atoms with E-state index in [-0.39, 0.29) is 23.2 Å². The molecule has 0 aromatic carbocycles. The minimum absolute atomic E-state index is 0.0266. The fraction of sp³-hybridized carbons (Fsp3) is 0.727. The van der Waals surface area contributed by atoms with Gasteiger partial charge in [0.1, 0.15) is 6.61 Å². The number of rotatable bonds is 3. The Labute approximate surface area is 150 Å². The van der Waals surface area contributed by atoms with Crippen molar-refractivity contribution in [3.05, 3.63) is 23.3 Å². The zero-order valence-electron chi connectivity index (χ0n) is 15.8. The quantitative estimate of drug-likeness (QED) is 0.769. The molecule has 25 heavy (non-hydrogen) atoms. The van der Waals surface area contributed by atoms with Gasteiger partial charge in [-0.25, -0.2) is 0 Å². The van der Waals surface area contributed by atoms with E-state index in [1.807, 2.05) is 6.08 Å². The smallest absolute Gasteiger partial charge is 0.184 e. The molecule has 0 radical (unpaired) electrons. The molecule has 3 heteroatoms. The number of ketones is 2. The van der Waals surface area contributed by atoms with Gasteiger partial charge in [-0.2, -0.15) is 0 Å². The van der Waals surface area contributed by atoms with Crippen LogP contribution < -0.4 is 0 Å². The van der Waals surface area contributed by atoms with Gasteiger partial charge < -0.3 is 4.74 Å². The van der Waals surface area contributed by atoms with E-state index in [1.165, 1.54) is 18.4 Å². The minimum Gasteiger partial charge on any atom is -0.377 e. The van der Waals surface area contributed by atoms with Crippen LogP contribution in [0, 0.1) is 28.6 Å². The maximum absolute atomic E-state index is 12.6. The van der Waals surface area contributed by atoms with E-state index >= 15 is 0 Å². The first kappa shape index (κ1) is 17.2. The Hall–Kier alpha value is -1.22. The molecule has 136 valence electrons. The van der Waals surface area contributed by atoms with Crippen molar-refractivity contribution in [3.63, 3.8) is 0 Å². The molecule has 0 spiro atoms. The molecule has 0 N–H and O–H groups in total. The zero-order chi connectivity index (χ0) is 17.8. The van der Waals surface area contributed by atoms with Gasteiger partial charge in [-0.15, -0.1) is 0 Å². The highest BCUT2D eigenvalue weighted by atomic mass is 16.5. The normalized spacial score (nSPS) is 42.8. The minimum atomic E-state index is 0.0266. The Kier molecular flexibility index (Phi) is 4.06. The highest BCUT2D eigenvalue weighted by molar-refractivity contribution is 5.98. The Morgan fingerprint density at radius 2 is 1.96 bits per heavy atom. The van der Waals surface area contributed by atoms with Crippen LogP contribution in [0.15, 0.2) is 23.3 Å². The number of carbonyl (C=O) groups excluding carboxylic acids is 2. The molecule has 3 nitrogen and oxygen atoms in total. The van der Waals surface area contributed by atoms with Crippen molar-refractivity contribution >= 4 is 11.6 Å². The first-order chi connectivity index (χ1) is 11.9. The SMILES string of the molecule is COCC(=O)C1=CC[C@H]2[C@@H]3CCC4=CC(=O)CC[C@]4(C)[C@H]3CC[C@]12C. The molecule has 0 aromatic rings. The monoisotopic (exact) mass is 342 g/mol. The first-order valence-electron chi connectivity index (χ1n) is 9.87. The molecule has 4 aliphatic carbocycles. The summed E-state index contributed by atoms with van der Waals surface area (Å²) in [5.41, 5.74) is 2.68. The van der Waals surface area contributed by atoms with Gasteiger partial charge in [0, 0.05) is 13.5 Å². The number of hydrogen-bond donors (Lipinski definition) is 0. The van der Waals surface area contributed by atoms with Gasteiger partial charge in [-0.05, 0) is 78.8 Å². The standard InChI is InChI=1S/C22H30O3/c1-21-10-8-15(23)12-14(21)4-5-16-17-6-7-19(20(24)13-25-3)22(17,2)11-9-18(16)21/h7,12,16-18H,4-6,8-11,13H2,1-3H3/t16-,17-,18-,21-,22-/m0/s1. The van der Waals surface area contributed by atoms with E-state index in [9.17, 15) is 9.59 Å². The molecular weight excluding hydrogens is 312 g/mol. The molecule has 5 atom stereocenters. The van der Waals surface area contributed by atoms with Gasteiger partial charge in [0.25, 0.3) is 0 Å². The van der Waals surface area contributed by atoms with E-state index in [0.717, 1.165) is 31.3 Å². The molecule has 2 saturated carbocycles. The summed E-state index contributed by atoms with van der Waals surface area (Å²) in [5.74, 6) is 2.43. The largest absolute Gasteiger partial charge is 0.377 e. The third-order valence-electron chi connectivity index (χ3n) is 8.12. The number of fused-ring (bicyclic) bond motifs is 5. The van der Waals surface area contributed by atoms with Crippen LogP contribution in [-0.2, 0) is 14.3 Å². The lowest BCUT2D eigenvalue weighted by molar-refractivity contribution is -0.122. The summed E-state index contributed by atoms with van der Waals surface area (Å²) in [5, 5.41) is 0. The maximum atomic E-state index is 12.6. The number of Topliss-reactive ketones (excluding diaryl/α,β-unsaturated/α-hetero) is 1. The van der Waals surface area contributed by atoms with Crippen LogP contribution in [0.3, 0.4) is 0 Å². The number of ether oxygens (including phenoxy) is 1. The molecule has 4 aliphatic rings. The lowest BCUT2D eigenvalue weighted by Gasteiger charge is -2.57. The van der Waals surface area contributed by atoms with Crippen molar-refractivity contribution in [2.45, 2.75) is 58.8 Å². The molecule has 0 saturated heterocycles. The van der Waals surface area contributed by atoms with Gasteiger partial charge in [-0.1, -0.05) is 25.5 Å². The highest BCUT2D eigenvalue weighted by Crippen LogP contribution is 2.65. The Morgan fingerprint density at radius 3 is 2.72 bits per heavy atom. The second-order valence-electron chi connectivity index (χ2n) is 9.13. The summed E-state index contributed by atoms with van der Waals surface area (Å²) in [4.78, 5) is 24.5. The van der Waals surface area contributed by atoms with Crippen LogP contribution in [0.2, 0.25) is 0 Å². The lowest BCUT2D eigenvalue weighted by atomic mass is 9.47. The fourth-order valence-electron chi connectivity index (χ4n) is 6.77. The van der Waals surface area contributed by atoms with Crippen molar-refractivity contribution in [2.75, 3.05) is 13.7 Å². The van der Waals surface area contributed by atoms with Crippen molar-refractivity contribution in [1.82, 2.24) is 0 Å². The third-order valence-corrected chi connectivity index (χ3v) is 8.12. The Bertz CT molecular complexity index is 673. The summed E-state index contributed by atoms with van der Waals surface area (Å²) in [6.45, 7) is 4.93. The van der Waals surface area contributed by atoms with Gasteiger partial charge in [0.05, 0.1) is 0 Å². The summed E-state index contributed by atoms with van der Waals surface area (Å²) in [6, 6.07) is 0. The third kappa shape index (κ3) is 2.42. The Morgan fingerprint density at radius 1 is 1.16 bits per heavy atom. The van der Waals surface area contributed by atoms with Crippen molar-refractivity contribution in [3.8, 4) is 0 Å². The summed E-state index contributed by atoms with van der Waals surface area (Å²) in [6.07, 6.45) is 11.5. The summed E-state index contributed by atoms with van der Waals surface area (Å²) < 4.78 is 5.11. The van der Waals surface area contributed by atoms with E-state index in [2.05, 4.69) is 19.9 Å². The number of methoxy groups -OCH3 is 1. The van der Waals surface area contributed by atoms with Gasteiger partial charge >= 0.3 is 0 Å². The van der Waals surface area contributed by atoms with Crippen LogP contribution in [0.4, 0.5) is 0 Å². The molecule has 0 unspecified atom stereocenters. The fourth-order valence-corrected chi connectivity index (χ4v) is 6.77. The van der Waals surface area contributed by atoms with Gasteiger partial charge in [0.15, 0.2) is 11.6 Å². The number of hydrogen-bond acceptors (Lipinski definition) is 3. The van der Waals surface area contributed by atoms with Crippen LogP contribution in [0.5, 0.6) is 0 Å². The average molecular weight is 342 g/mol. The van der Waals surface area contributed by atoms with Crippen molar-refractivity contribution in [2.24, 2.45) is 28.6 Å². The van der Waals surface area contributed by atoms with Crippen LogP contribution in [0.1, 0.15) is 58.8 Å². The average Bonchev–Trinajstić information content (AvgIpc) is 2.93. The first-order valence-corrected chi connectivity index (χ1v) is 9.87. The van der Waals surface area contributed by atoms with Crippen LogP contribution in [0.25, 0.3) is 0 Å². The second kappa shape index (κ2) is 5.90. The molecular formula is C22H30O3. The van der Waals surface area contributed by atoms with E-state index in [0.29, 0.717) is 30.0 Å². The summed E-state index contributed by atoms with van der Waals surface area (Å²) in [7, 11) is 1.60. The number of allylic oxidation sites excluding steroid dienone is 3. The van der Waals surface area contributed by atoms with E-state index < -0.39 is 0 Å². The Balaban J connectivity index is 1.62. The zero-order valence-corrected chi connectivity index (χ0v) is 15.8. The van der Waals surface area contributed by atoms with E-state index in [4.69, 9.17) is 4.74 Å². The lowest BCUT2D eigenvalue weighted by Crippen LogP contribution is -2.50. The van der Waals surface area contributed by atoms with Crippen LogP contribution >= 0.6 is 0 Å². The molecule has 0 amide bonds. The van der Waals surface area contributed by atoms with Crippen molar-refractivity contribution in [1.29, 1.82) is 0 Å². The van der Waals surface area contributed by atoms with Gasteiger partial charge in [0.2, 0.25) is 0 Å². The molecule has 0 heterocycles. The van der Waals surface area contributed by atoms with Crippen molar-refractivity contribution < 1.29 is 14.3 Å². The second-order valence-corrected chi connectivity index (χ2v) is 9.13. The van der Waals surface area contributed by atoms with E-state index in [1.54, 1.807) is 7.11 Å².